The van der Waals surface area contributed by atoms with Crippen LogP contribution in [0.5, 0.6) is 0 Å². The van der Waals surface area contributed by atoms with Crippen LogP contribution >= 0.6 is 11.3 Å². The molecule has 18 heavy (non-hydrogen) atoms. The number of hydrogen-bond donors (Lipinski definition) is 2. The Bertz CT molecular complexity index is 595. The number of hydrazone groups is 1. The molecule has 2 rings (SSSR count). The van der Waals surface area contributed by atoms with Gasteiger partial charge in [-0.3, -0.25) is 5.43 Å². The Labute approximate surface area is 106 Å². The minimum absolute atomic E-state index is 0.200. The molecule has 0 aliphatic carbocycles. The van der Waals surface area contributed by atoms with E-state index in [0.29, 0.717) is 16.5 Å². The topological polar surface area (TPSA) is 63.3 Å². The predicted octanol–water partition coefficient (Wildman–Crippen LogP) is 2.76. The van der Waals surface area contributed by atoms with E-state index in [2.05, 4.69) is 15.5 Å². The lowest BCUT2D eigenvalue weighted by Gasteiger charge is -2.00. The van der Waals surface area contributed by atoms with Gasteiger partial charge in [-0.05, 0) is 18.6 Å². The van der Waals surface area contributed by atoms with Crippen LogP contribution in [0, 0.1) is 18.6 Å². The number of anilines is 2. The number of benzene rings is 1. The Morgan fingerprint density at radius 3 is 2.83 bits per heavy atom. The number of halogens is 2. The van der Waals surface area contributed by atoms with Gasteiger partial charge in [0.05, 0.1) is 6.21 Å². The van der Waals surface area contributed by atoms with Gasteiger partial charge in [-0.25, -0.2) is 13.8 Å². The summed E-state index contributed by atoms with van der Waals surface area (Å²) < 4.78 is 26.4. The molecule has 1 heterocycles. The van der Waals surface area contributed by atoms with Crippen LogP contribution in [-0.2, 0) is 0 Å². The van der Waals surface area contributed by atoms with Gasteiger partial charge < -0.3 is 5.73 Å². The molecule has 1 aromatic carbocycles. The first kappa shape index (κ1) is 12.4. The number of rotatable bonds is 3. The first-order valence-electron chi connectivity index (χ1n) is 5.02. The van der Waals surface area contributed by atoms with Crippen molar-refractivity contribution in [2.75, 3.05) is 11.2 Å². The second-order valence-corrected chi connectivity index (χ2v) is 4.43. The zero-order valence-electron chi connectivity index (χ0n) is 9.45. The van der Waals surface area contributed by atoms with Crippen molar-refractivity contribution in [3.8, 4) is 0 Å². The minimum atomic E-state index is -0.665. The Morgan fingerprint density at radius 1 is 1.39 bits per heavy atom. The third kappa shape index (κ3) is 2.80. The summed E-state index contributed by atoms with van der Waals surface area (Å²) in [6.07, 6.45) is 1.26. The number of hydrogen-bond acceptors (Lipinski definition) is 5. The molecule has 0 spiro atoms. The van der Waals surface area contributed by atoms with Gasteiger partial charge in [0.1, 0.15) is 17.5 Å². The maximum Gasteiger partial charge on any atom is 0.205 e. The average Bonchev–Trinajstić information content (AvgIpc) is 2.71. The van der Waals surface area contributed by atoms with Gasteiger partial charge in [0.15, 0.2) is 0 Å². The van der Waals surface area contributed by atoms with Crippen molar-refractivity contribution in [2.45, 2.75) is 6.92 Å². The highest BCUT2D eigenvalue weighted by Gasteiger charge is 2.05. The summed E-state index contributed by atoms with van der Waals surface area (Å²) >= 11 is 1.28. The fourth-order valence-electron chi connectivity index (χ4n) is 1.27. The first-order chi connectivity index (χ1) is 8.56. The van der Waals surface area contributed by atoms with Crippen LogP contribution in [0.25, 0.3) is 0 Å². The van der Waals surface area contributed by atoms with E-state index in [1.165, 1.54) is 23.6 Å². The monoisotopic (exact) mass is 268 g/mol. The number of aromatic nitrogens is 1. The van der Waals surface area contributed by atoms with E-state index in [-0.39, 0.29) is 5.56 Å². The molecule has 1 aromatic heterocycles. The van der Waals surface area contributed by atoms with Crippen molar-refractivity contribution in [1.82, 2.24) is 4.98 Å². The van der Waals surface area contributed by atoms with Crippen molar-refractivity contribution in [1.29, 1.82) is 0 Å². The second-order valence-electron chi connectivity index (χ2n) is 3.57. The van der Waals surface area contributed by atoms with E-state index in [1.807, 2.05) is 0 Å². The SMILES string of the molecule is Cc1cc(C=NNc2nc(N)cs2)c(F)cc1F. The van der Waals surface area contributed by atoms with Crippen LogP contribution in [0.1, 0.15) is 11.1 Å². The summed E-state index contributed by atoms with van der Waals surface area (Å²) in [5.41, 5.74) is 8.60. The van der Waals surface area contributed by atoms with E-state index in [1.54, 1.807) is 12.3 Å². The molecule has 0 saturated heterocycles. The molecule has 0 atom stereocenters. The molecule has 0 saturated carbocycles. The molecular formula is C11H10F2N4S. The Hall–Kier alpha value is -2.02. The summed E-state index contributed by atoms with van der Waals surface area (Å²) in [5, 5.41) is 5.97. The standard InChI is InChI=1S/C11H10F2N4S/c1-6-2-7(9(13)3-8(6)12)4-15-17-11-16-10(14)5-18-11/h2-5H,14H2,1H3,(H,16,17). The van der Waals surface area contributed by atoms with E-state index >= 15 is 0 Å². The highest BCUT2D eigenvalue weighted by molar-refractivity contribution is 7.14. The van der Waals surface area contributed by atoms with Crippen LogP contribution in [0.15, 0.2) is 22.6 Å². The highest BCUT2D eigenvalue weighted by Crippen LogP contribution is 2.16. The Morgan fingerprint density at radius 2 is 2.17 bits per heavy atom. The van der Waals surface area contributed by atoms with Crippen molar-refractivity contribution in [2.24, 2.45) is 5.10 Å². The summed E-state index contributed by atoms with van der Waals surface area (Å²) in [4.78, 5) is 3.91. The smallest absolute Gasteiger partial charge is 0.205 e. The molecule has 0 fully saturated rings. The average molecular weight is 268 g/mol. The van der Waals surface area contributed by atoms with Crippen molar-refractivity contribution in [3.05, 3.63) is 40.3 Å². The van der Waals surface area contributed by atoms with Crippen LogP contribution in [0.4, 0.5) is 19.7 Å². The van der Waals surface area contributed by atoms with E-state index < -0.39 is 11.6 Å². The molecule has 0 aliphatic rings. The summed E-state index contributed by atoms with van der Waals surface area (Å²) in [7, 11) is 0. The maximum atomic E-state index is 13.4. The number of nitrogen functional groups attached to an aromatic ring is 1. The second kappa shape index (κ2) is 5.09. The van der Waals surface area contributed by atoms with Crippen LogP contribution < -0.4 is 11.2 Å². The van der Waals surface area contributed by atoms with Gasteiger partial charge in [0.2, 0.25) is 5.13 Å². The molecule has 7 heteroatoms. The van der Waals surface area contributed by atoms with Crippen molar-refractivity contribution in [3.63, 3.8) is 0 Å². The Kier molecular flexibility index (Phi) is 3.52. The Balaban J connectivity index is 2.11. The molecule has 3 N–H and O–H groups in total. The molecule has 0 aliphatic heterocycles. The van der Waals surface area contributed by atoms with Gasteiger partial charge >= 0.3 is 0 Å². The molecule has 0 radical (unpaired) electrons. The molecular weight excluding hydrogens is 258 g/mol. The quantitative estimate of drug-likeness (QED) is 0.664. The van der Waals surface area contributed by atoms with Gasteiger partial charge in [0.25, 0.3) is 0 Å². The molecule has 0 amide bonds. The summed E-state index contributed by atoms with van der Waals surface area (Å²) in [6, 6.07) is 2.21. The van der Waals surface area contributed by atoms with Gasteiger partial charge in [0, 0.05) is 17.0 Å². The van der Waals surface area contributed by atoms with Crippen molar-refractivity contribution >= 4 is 28.5 Å². The molecule has 2 aromatic rings. The molecule has 0 bridgehead atoms. The van der Waals surface area contributed by atoms with Gasteiger partial charge in [-0.1, -0.05) is 0 Å². The van der Waals surface area contributed by atoms with Crippen LogP contribution in [-0.4, -0.2) is 11.2 Å². The largest absolute Gasteiger partial charge is 0.383 e. The van der Waals surface area contributed by atoms with E-state index in [4.69, 9.17) is 5.73 Å². The number of nitrogens with two attached hydrogens (primary N) is 1. The van der Waals surface area contributed by atoms with Gasteiger partial charge in [-0.15, -0.1) is 11.3 Å². The number of aryl methyl sites for hydroxylation is 1. The van der Waals surface area contributed by atoms with Gasteiger partial charge in [-0.2, -0.15) is 5.10 Å². The zero-order valence-corrected chi connectivity index (χ0v) is 10.3. The summed E-state index contributed by atoms with van der Waals surface area (Å²) in [6.45, 7) is 1.56. The predicted molar refractivity (Wildman–Crippen MR) is 68.8 cm³/mol. The lowest BCUT2D eigenvalue weighted by atomic mass is 10.1. The zero-order chi connectivity index (χ0) is 13.1. The lowest BCUT2D eigenvalue weighted by Crippen LogP contribution is -1.96. The third-order valence-electron chi connectivity index (χ3n) is 2.16. The summed E-state index contributed by atoms with van der Waals surface area (Å²) in [5.74, 6) is -0.853. The number of nitrogens with one attached hydrogen (secondary N) is 1. The minimum Gasteiger partial charge on any atom is -0.383 e. The van der Waals surface area contributed by atoms with Crippen molar-refractivity contribution < 1.29 is 8.78 Å². The number of nitrogens with zero attached hydrogens (tertiary/aromatic N) is 2. The maximum absolute atomic E-state index is 13.4. The van der Waals surface area contributed by atoms with E-state index in [9.17, 15) is 8.78 Å². The van der Waals surface area contributed by atoms with Crippen LogP contribution in [0.3, 0.4) is 0 Å². The first-order valence-corrected chi connectivity index (χ1v) is 5.90. The fourth-order valence-corrected chi connectivity index (χ4v) is 1.82. The van der Waals surface area contributed by atoms with Crippen LogP contribution in [0.2, 0.25) is 0 Å². The molecule has 4 nitrogen and oxygen atoms in total. The molecule has 94 valence electrons. The number of thiazole rings is 1. The highest BCUT2D eigenvalue weighted by atomic mass is 32.1. The fraction of sp³-hybridized carbons (Fsp3) is 0.0909. The molecule has 0 unspecified atom stereocenters. The van der Waals surface area contributed by atoms with E-state index in [0.717, 1.165) is 6.07 Å². The normalized spacial score (nSPS) is 11.1. The third-order valence-corrected chi connectivity index (χ3v) is 2.93. The lowest BCUT2D eigenvalue weighted by molar-refractivity contribution is 0.576.